The van der Waals surface area contributed by atoms with Crippen LogP contribution >= 0.6 is 0 Å². The number of ketones is 1. The monoisotopic (exact) mass is 341 g/mol. The lowest BCUT2D eigenvalue weighted by atomic mass is 9.76. The van der Waals surface area contributed by atoms with Crippen LogP contribution in [-0.4, -0.2) is 30.2 Å². The molecule has 2 aliphatic rings. The molecule has 1 atom stereocenters. The lowest BCUT2D eigenvalue weighted by Crippen LogP contribution is -2.29. The lowest BCUT2D eigenvalue weighted by Gasteiger charge is -2.32. The summed E-state index contributed by atoms with van der Waals surface area (Å²) in [5.41, 5.74) is 2.52. The van der Waals surface area contributed by atoms with Crippen molar-refractivity contribution in [3.05, 3.63) is 50.9 Å². The van der Waals surface area contributed by atoms with Crippen molar-refractivity contribution in [3.63, 3.8) is 0 Å². The highest BCUT2D eigenvalue weighted by molar-refractivity contribution is 6.01. The van der Waals surface area contributed by atoms with Crippen LogP contribution in [0.25, 0.3) is 0 Å². The molecule has 130 valence electrons. The number of anilines is 1. The van der Waals surface area contributed by atoms with Crippen LogP contribution in [0.1, 0.15) is 36.3 Å². The molecule has 1 aromatic heterocycles. The number of allylic oxidation sites excluding steroid dienone is 2. The standard InChI is InChI=1S/C18H19N3O4/c1-24-9-6-7-13(25-2)10(8-9)14-15-11(4-3-5-12(15)22)19-17-16(14)18(23)21-20-17/h6-8,14H,3-5H2,1-2H3,(H3,19,20,21,23)/t14-/m1/s1. The van der Waals surface area contributed by atoms with E-state index in [1.807, 2.05) is 6.07 Å². The molecule has 0 bridgehead atoms. The third-order valence-corrected chi connectivity index (χ3v) is 4.87. The van der Waals surface area contributed by atoms with E-state index in [2.05, 4.69) is 15.5 Å². The maximum atomic E-state index is 12.7. The highest BCUT2D eigenvalue weighted by Gasteiger charge is 2.39. The molecule has 0 radical (unpaired) electrons. The largest absolute Gasteiger partial charge is 0.497 e. The predicted octanol–water partition coefficient (Wildman–Crippen LogP) is 2.28. The Bertz CT molecular complexity index is 938. The van der Waals surface area contributed by atoms with Crippen molar-refractivity contribution in [2.24, 2.45) is 0 Å². The Kier molecular flexibility index (Phi) is 3.63. The molecule has 0 unspecified atom stereocenters. The molecule has 7 nitrogen and oxygen atoms in total. The van der Waals surface area contributed by atoms with Gasteiger partial charge in [0.1, 0.15) is 17.3 Å². The van der Waals surface area contributed by atoms with Crippen molar-refractivity contribution in [1.82, 2.24) is 10.2 Å². The van der Waals surface area contributed by atoms with E-state index in [1.165, 1.54) is 0 Å². The third kappa shape index (κ3) is 2.34. The van der Waals surface area contributed by atoms with Gasteiger partial charge in [0.05, 0.1) is 25.7 Å². The molecular weight excluding hydrogens is 322 g/mol. The van der Waals surface area contributed by atoms with Crippen LogP contribution in [0, 0.1) is 0 Å². The zero-order chi connectivity index (χ0) is 17.6. The number of hydrogen-bond acceptors (Lipinski definition) is 5. The van der Waals surface area contributed by atoms with Gasteiger partial charge in [-0.15, -0.1) is 0 Å². The number of fused-ring (bicyclic) bond motifs is 1. The predicted molar refractivity (Wildman–Crippen MR) is 92.3 cm³/mol. The summed E-state index contributed by atoms with van der Waals surface area (Å²) in [4.78, 5) is 25.2. The molecule has 1 aliphatic heterocycles. The van der Waals surface area contributed by atoms with E-state index in [0.717, 1.165) is 24.1 Å². The van der Waals surface area contributed by atoms with Crippen LogP contribution in [0.5, 0.6) is 11.5 Å². The molecule has 25 heavy (non-hydrogen) atoms. The molecular formula is C18H19N3O4. The molecule has 1 aromatic carbocycles. The van der Waals surface area contributed by atoms with E-state index in [-0.39, 0.29) is 11.3 Å². The van der Waals surface area contributed by atoms with E-state index in [4.69, 9.17) is 9.47 Å². The molecule has 4 rings (SSSR count). The van der Waals surface area contributed by atoms with E-state index in [9.17, 15) is 9.59 Å². The first-order chi connectivity index (χ1) is 12.1. The fourth-order valence-electron chi connectivity index (χ4n) is 3.74. The average Bonchev–Trinajstić information content (AvgIpc) is 3.00. The van der Waals surface area contributed by atoms with Gasteiger partial charge < -0.3 is 14.8 Å². The second-order valence-electron chi connectivity index (χ2n) is 6.20. The van der Waals surface area contributed by atoms with Gasteiger partial charge in [-0.25, -0.2) is 0 Å². The zero-order valence-corrected chi connectivity index (χ0v) is 14.1. The summed E-state index contributed by atoms with van der Waals surface area (Å²) in [6.45, 7) is 0. The lowest BCUT2D eigenvalue weighted by molar-refractivity contribution is -0.116. The van der Waals surface area contributed by atoms with Crippen molar-refractivity contribution >= 4 is 11.6 Å². The maximum Gasteiger partial charge on any atom is 0.270 e. The Morgan fingerprint density at radius 1 is 1.08 bits per heavy atom. The number of methoxy groups -OCH3 is 2. The van der Waals surface area contributed by atoms with Crippen molar-refractivity contribution in [2.45, 2.75) is 25.2 Å². The summed E-state index contributed by atoms with van der Waals surface area (Å²) in [5.74, 6) is 1.44. The number of aromatic nitrogens is 2. The number of carbonyl (C=O) groups excluding carboxylic acids is 1. The van der Waals surface area contributed by atoms with Crippen molar-refractivity contribution < 1.29 is 14.3 Å². The Labute approximate surface area is 144 Å². The van der Waals surface area contributed by atoms with E-state index in [1.54, 1.807) is 26.4 Å². The first-order valence-corrected chi connectivity index (χ1v) is 8.19. The van der Waals surface area contributed by atoms with Gasteiger partial charge in [0, 0.05) is 23.3 Å². The summed E-state index contributed by atoms with van der Waals surface area (Å²) < 4.78 is 10.9. The smallest absolute Gasteiger partial charge is 0.270 e. The average molecular weight is 341 g/mol. The van der Waals surface area contributed by atoms with E-state index in [0.29, 0.717) is 34.9 Å². The summed E-state index contributed by atoms with van der Waals surface area (Å²) in [6.07, 6.45) is 2.06. The third-order valence-electron chi connectivity index (χ3n) is 4.87. The van der Waals surface area contributed by atoms with Gasteiger partial charge in [-0.3, -0.25) is 19.8 Å². The number of ether oxygens (including phenoxy) is 2. The Balaban J connectivity index is 2.00. The van der Waals surface area contributed by atoms with Crippen LogP contribution < -0.4 is 20.3 Å². The first-order valence-electron chi connectivity index (χ1n) is 8.19. The second-order valence-corrected chi connectivity index (χ2v) is 6.20. The molecule has 3 N–H and O–H groups in total. The molecule has 7 heteroatoms. The summed E-state index contributed by atoms with van der Waals surface area (Å²) in [7, 11) is 3.16. The normalized spacial score (nSPS) is 19.1. The van der Waals surface area contributed by atoms with Crippen LogP contribution in [-0.2, 0) is 4.79 Å². The van der Waals surface area contributed by atoms with Gasteiger partial charge in [0.2, 0.25) is 0 Å². The molecule has 2 heterocycles. The van der Waals surface area contributed by atoms with E-state index >= 15 is 0 Å². The van der Waals surface area contributed by atoms with Crippen molar-refractivity contribution in [3.8, 4) is 11.5 Å². The number of hydrogen-bond donors (Lipinski definition) is 3. The summed E-state index contributed by atoms with van der Waals surface area (Å²) in [5, 5.41) is 8.71. The second kappa shape index (κ2) is 5.84. The first kappa shape index (κ1) is 15.6. The van der Waals surface area contributed by atoms with Crippen molar-refractivity contribution in [1.29, 1.82) is 0 Å². The van der Waals surface area contributed by atoms with Gasteiger partial charge in [-0.05, 0) is 31.0 Å². The van der Waals surface area contributed by atoms with Gasteiger partial charge in [-0.1, -0.05) is 0 Å². The Morgan fingerprint density at radius 2 is 1.92 bits per heavy atom. The minimum Gasteiger partial charge on any atom is -0.497 e. The number of carbonyl (C=O) groups is 1. The van der Waals surface area contributed by atoms with Crippen LogP contribution in [0.15, 0.2) is 34.3 Å². The minimum atomic E-state index is -0.487. The number of H-pyrrole nitrogens is 2. The molecule has 0 saturated heterocycles. The molecule has 1 aliphatic carbocycles. The van der Waals surface area contributed by atoms with Crippen molar-refractivity contribution in [2.75, 3.05) is 19.5 Å². The molecule has 0 fully saturated rings. The van der Waals surface area contributed by atoms with Gasteiger partial charge in [0.25, 0.3) is 5.56 Å². The summed E-state index contributed by atoms with van der Waals surface area (Å²) in [6, 6.07) is 5.42. The van der Waals surface area contributed by atoms with Crippen LogP contribution in [0.3, 0.4) is 0 Å². The molecule has 2 aromatic rings. The van der Waals surface area contributed by atoms with E-state index < -0.39 is 5.92 Å². The number of aromatic amines is 2. The molecule has 0 saturated carbocycles. The Hall–Kier alpha value is -2.96. The van der Waals surface area contributed by atoms with Crippen LogP contribution in [0.4, 0.5) is 5.82 Å². The number of rotatable bonds is 3. The minimum absolute atomic E-state index is 0.0647. The van der Waals surface area contributed by atoms with Gasteiger partial charge >= 0.3 is 0 Å². The topological polar surface area (TPSA) is 96.2 Å². The number of nitrogens with one attached hydrogen (secondary N) is 3. The number of Topliss-reactive ketones (excluding diaryl/α,β-unsaturated/α-hetero) is 1. The SMILES string of the molecule is COc1ccc(OC)c([C@@H]2C3=C(CCCC3=O)Nc3[nH][nH]c(=O)c32)c1. The van der Waals surface area contributed by atoms with Crippen LogP contribution in [0.2, 0.25) is 0 Å². The van der Waals surface area contributed by atoms with Gasteiger partial charge in [0.15, 0.2) is 5.78 Å². The quantitative estimate of drug-likeness (QED) is 0.796. The fraction of sp³-hybridized carbons (Fsp3) is 0.333. The highest BCUT2D eigenvalue weighted by atomic mass is 16.5. The maximum absolute atomic E-state index is 12.7. The molecule has 0 spiro atoms. The number of benzene rings is 1. The summed E-state index contributed by atoms with van der Waals surface area (Å²) >= 11 is 0. The highest BCUT2D eigenvalue weighted by Crippen LogP contribution is 2.46. The Morgan fingerprint density at radius 3 is 2.68 bits per heavy atom. The zero-order valence-electron chi connectivity index (χ0n) is 14.1. The van der Waals surface area contributed by atoms with Gasteiger partial charge in [-0.2, -0.15) is 0 Å². The fourth-order valence-corrected chi connectivity index (χ4v) is 3.74. The molecule has 0 amide bonds.